The highest BCUT2D eigenvalue weighted by molar-refractivity contribution is 5.16. The first kappa shape index (κ1) is 14.1. The van der Waals surface area contributed by atoms with Crippen LogP contribution in [0, 0.1) is 0 Å². The Bertz CT molecular complexity index is 330. The van der Waals surface area contributed by atoms with E-state index in [0.717, 1.165) is 23.8 Å². The zero-order chi connectivity index (χ0) is 13.0. The minimum absolute atomic E-state index is 0.452. The lowest BCUT2D eigenvalue weighted by Crippen LogP contribution is -2.24. The van der Waals surface area contributed by atoms with Crippen LogP contribution in [0.1, 0.15) is 70.6 Å². The Morgan fingerprint density at radius 3 is 1.76 bits per heavy atom. The smallest absolute Gasteiger partial charge is 0.142 e. The van der Waals surface area contributed by atoms with Crippen LogP contribution in [0.15, 0.2) is 6.07 Å². The third-order valence-electron chi connectivity index (χ3n) is 2.66. The number of hydrogen-bond acceptors (Lipinski definition) is 3. The maximum atomic E-state index is 4.61. The van der Waals surface area contributed by atoms with E-state index in [1.165, 1.54) is 0 Å². The molecule has 0 saturated carbocycles. The van der Waals surface area contributed by atoms with Gasteiger partial charge in [0.1, 0.15) is 5.82 Å². The number of nitrogens with zero attached hydrogens (tertiary/aromatic N) is 2. The van der Waals surface area contributed by atoms with Crippen molar-refractivity contribution in [3.05, 3.63) is 23.3 Å². The first-order valence-electron chi connectivity index (χ1n) is 6.51. The fraction of sp³-hybridized carbons (Fsp3) is 0.714. The molecule has 1 rings (SSSR count). The minimum atomic E-state index is 0.452. The van der Waals surface area contributed by atoms with Crippen molar-refractivity contribution in [1.82, 2.24) is 15.3 Å². The standard InChI is InChI=1S/C14H25N3/c1-9(2)12-7-13(10(3)4)17-14(16-12)8-15-11(5)6/h7,9-11,15H,8H2,1-6H3. The molecule has 0 radical (unpaired) electrons. The lowest BCUT2D eigenvalue weighted by Gasteiger charge is -2.13. The summed E-state index contributed by atoms with van der Waals surface area (Å²) in [6, 6.07) is 2.60. The Labute approximate surface area is 105 Å². The molecule has 1 aromatic heterocycles. The first-order chi connectivity index (χ1) is 7.90. The molecular formula is C14H25N3. The van der Waals surface area contributed by atoms with Crippen molar-refractivity contribution in [2.45, 2.75) is 66.0 Å². The Morgan fingerprint density at radius 2 is 1.41 bits per heavy atom. The molecule has 17 heavy (non-hydrogen) atoms. The summed E-state index contributed by atoms with van der Waals surface area (Å²) in [5.74, 6) is 1.82. The van der Waals surface area contributed by atoms with E-state index < -0.39 is 0 Å². The summed E-state index contributed by atoms with van der Waals surface area (Å²) in [6.07, 6.45) is 0. The maximum absolute atomic E-state index is 4.61. The van der Waals surface area contributed by atoms with Crippen molar-refractivity contribution in [3.63, 3.8) is 0 Å². The van der Waals surface area contributed by atoms with Crippen LogP contribution >= 0.6 is 0 Å². The number of hydrogen-bond donors (Lipinski definition) is 1. The zero-order valence-electron chi connectivity index (χ0n) is 11.9. The summed E-state index contributed by atoms with van der Waals surface area (Å²) in [5.41, 5.74) is 2.29. The van der Waals surface area contributed by atoms with Crippen molar-refractivity contribution < 1.29 is 0 Å². The van der Waals surface area contributed by atoms with Crippen LogP contribution in [0.25, 0.3) is 0 Å². The van der Waals surface area contributed by atoms with Crippen LogP contribution < -0.4 is 5.32 Å². The van der Waals surface area contributed by atoms with E-state index in [4.69, 9.17) is 0 Å². The van der Waals surface area contributed by atoms with Gasteiger partial charge in [0, 0.05) is 17.4 Å². The molecule has 0 amide bonds. The van der Waals surface area contributed by atoms with Gasteiger partial charge in [-0.15, -0.1) is 0 Å². The third kappa shape index (κ3) is 4.43. The molecular weight excluding hydrogens is 210 g/mol. The van der Waals surface area contributed by atoms with Gasteiger partial charge in [-0.3, -0.25) is 0 Å². The van der Waals surface area contributed by atoms with Gasteiger partial charge in [0.05, 0.1) is 6.54 Å². The van der Waals surface area contributed by atoms with Gasteiger partial charge >= 0.3 is 0 Å². The molecule has 0 bridgehead atoms. The lowest BCUT2D eigenvalue weighted by molar-refractivity contribution is 0.565. The number of rotatable bonds is 5. The van der Waals surface area contributed by atoms with Gasteiger partial charge in [-0.25, -0.2) is 9.97 Å². The van der Waals surface area contributed by atoms with Crippen molar-refractivity contribution >= 4 is 0 Å². The van der Waals surface area contributed by atoms with E-state index in [2.05, 4.69) is 62.9 Å². The predicted octanol–water partition coefficient (Wildman–Crippen LogP) is 3.22. The molecule has 1 aromatic rings. The van der Waals surface area contributed by atoms with E-state index >= 15 is 0 Å². The molecule has 0 saturated heterocycles. The van der Waals surface area contributed by atoms with Crippen molar-refractivity contribution in [2.24, 2.45) is 0 Å². The molecule has 3 nitrogen and oxygen atoms in total. The summed E-state index contributed by atoms with van der Waals surface area (Å²) >= 11 is 0. The second-order valence-electron chi connectivity index (χ2n) is 5.48. The first-order valence-corrected chi connectivity index (χ1v) is 6.51. The second-order valence-corrected chi connectivity index (χ2v) is 5.48. The van der Waals surface area contributed by atoms with Gasteiger partial charge < -0.3 is 5.32 Å². The fourth-order valence-electron chi connectivity index (χ4n) is 1.51. The molecule has 0 aliphatic heterocycles. The highest BCUT2D eigenvalue weighted by Crippen LogP contribution is 2.18. The maximum Gasteiger partial charge on any atom is 0.142 e. The Morgan fingerprint density at radius 1 is 0.941 bits per heavy atom. The summed E-state index contributed by atoms with van der Waals surface area (Å²) < 4.78 is 0. The van der Waals surface area contributed by atoms with Crippen LogP contribution in [0.3, 0.4) is 0 Å². The van der Waals surface area contributed by atoms with Gasteiger partial charge in [0.15, 0.2) is 0 Å². The third-order valence-corrected chi connectivity index (χ3v) is 2.66. The predicted molar refractivity (Wildman–Crippen MR) is 72.2 cm³/mol. The van der Waals surface area contributed by atoms with E-state index in [1.54, 1.807) is 0 Å². The van der Waals surface area contributed by atoms with Gasteiger partial charge in [0.25, 0.3) is 0 Å². The monoisotopic (exact) mass is 235 g/mol. The summed E-state index contributed by atoms with van der Waals surface area (Å²) in [4.78, 5) is 9.23. The van der Waals surface area contributed by atoms with Crippen LogP contribution in [-0.2, 0) is 6.54 Å². The molecule has 0 unspecified atom stereocenters. The largest absolute Gasteiger partial charge is 0.308 e. The van der Waals surface area contributed by atoms with Crippen LogP contribution in [0.2, 0.25) is 0 Å². The molecule has 0 spiro atoms. The average molecular weight is 235 g/mol. The van der Waals surface area contributed by atoms with Gasteiger partial charge in [-0.1, -0.05) is 41.5 Å². The molecule has 0 atom stereocenters. The van der Waals surface area contributed by atoms with E-state index in [1.807, 2.05) is 0 Å². The Hall–Kier alpha value is -0.960. The molecule has 0 aliphatic carbocycles. The highest BCUT2D eigenvalue weighted by atomic mass is 15.0. The molecule has 0 aromatic carbocycles. The van der Waals surface area contributed by atoms with Gasteiger partial charge in [0.2, 0.25) is 0 Å². The molecule has 0 aliphatic rings. The molecule has 3 heteroatoms. The Kier molecular flexibility index (Phi) is 5.06. The van der Waals surface area contributed by atoms with E-state index in [9.17, 15) is 0 Å². The molecule has 96 valence electrons. The fourth-order valence-corrected chi connectivity index (χ4v) is 1.51. The second kappa shape index (κ2) is 6.10. The zero-order valence-corrected chi connectivity index (χ0v) is 11.9. The van der Waals surface area contributed by atoms with Gasteiger partial charge in [-0.2, -0.15) is 0 Å². The molecule has 1 N–H and O–H groups in total. The average Bonchev–Trinajstić information content (AvgIpc) is 2.25. The summed E-state index contributed by atoms with van der Waals surface area (Å²) in [5, 5.41) is 3.37. The minimum Gasteiger partial charge on any atom is -0.308 e. The van der Waals surface area contributed by atoms with Gasteiger partial charge in [-0.05, 0) is 17.9 Å². The summed E-state index contributed by atoms with van der Waals surface area (Å²) in [7, 11) is 0. The van der Waals surface area contributed by atoms with Crippen molar-refractivity contribution in [1.29, 1.82) is 0 Å². The number of nitrogens with one attached hydrogen (secondary N) is 1. The SMILES string of the molecule is CC(C)NCc1nc(C(C)C)cc(C(C)C)n1. The topological polar surface area (TPSA) is 37.8 Å². The van der Waals surface area contributed by atoms with E-state index in [-0.39, 0.29) is 0 Å². The van der Waals surface area contributed by atoms with E-state index in [0.29, 0.717) is 17.9 Å². The molecule has 1 heterocycles. The van der Waals surface area contributed by atoms with Crippen LogP contribution in [0.4, 0.5) is 0 Å². The quantitative estimate of drug-likeness (QED) is 0.851. The van der Waals surface area contributed by atoms with Crippen LogP contribution in [-0.4, -0.2) is 16.0 Å². The normalized spacial score (nSPS) is 11.8. The van der Waals surface area contributed by atoms with Crippen molar-refractivity contribution in [2.75, 3.05) is 0 Å². The van der Waals surface area contributed by atoms with Crippen molar-refractivity contribution in [3.8, 4) is 0 Å². The molecule has 0 fully saturated rings. The lowest BCUT2D eigenvalue weighted by atomic mass is 10.0. The van der Waals surface area contributed by atoms with Crippen LogP contribution in [0.5, 0.6) is 0 Å². The highest BCUT2D eigenvalue weighted by Gasteiger charge is 2.10. The number of aromatic nitrogens is 2. The summed E-state index contributed by atoms with van der Waals surface area (Å²) in [6.45, 7) is 13.7. The Balaban J connectivity index is 2.95.